The molecule has 0 spiro atoms. The smallest absolute Gasteiger partial charge is 0.254 e. The fraction of sp³-hybridized carbons (Fsp3) is 0.333. The maximum absolute atomic E-state index is 13.2. The number of phenolic OH excluding ortho intramolecular Hbond substituents is 1. The summed E-state index contributed by atoms with van der Waals surface area (Å²) in [6, 6.07) is 11.7. The highest BCUT2D eigenvalue weighted by Gasteiger charge is 2.41. The van der Waals surface area contributed by atoms with Gasteiger partial charge in [0, 0.05) is 36.7 Å². The molecule has 1 amide bonds. The number of nitrogens with zero attached hydrogens (tertiary/aromatic N) is 2. The third-order valence-electron chi connectivity index (χ3n) is 5.87. The zero-order chi connectivity index (χ0) is 17.0. The van der Waals surface area contributed by atoms with Gasteiger partial charge in [-0.25, -0.2) is 0 Å². The number of benzene rings is 2. The number of phenols is 1. The number of aliphatic imine (C=N–C) groups is 1. The predicted molar refractivity (Wildman–Crippen MR) is 96.9 cm³/mol. The second-order valence-electron chi connectivity index (χ2n) is 7.26. The van der Waals surface area contributed by atoms with Crippen LogP contribution < -0.4 is 0 Å². The summed E-state index contributed by atoms with van der Waals surface area (Å²) in [6.07, 6.45) is 5.73. The number of carbonyl (C=O) groups excluding carboxylic acids is 1. The minimum atomic E-state index is 0.108. The molecule has 2 aliphatic heterocycles. The van der Waals surface area contributed by atoms with Gasteiger partial charge in [0.15, 0.2) is 0 Å². The molecule has 0 saturated carbocycles. The van der Waals surface area contributed by atoms with Crippen LogP contribution in [0.25, 0.3) is 0 Å². The Balaban J connectivity index is 1.46. The van der Waals surface area contributed by atoms with Crippen molar-refractivity contribution in [3.63, 3.8) is 0 Å². The summed E-state index contributed by atoms with van der Waals surface area (Å²) in [6.45, 7) is 0.806. The van der Waals surface area contributed by atoms with Gasteiger partial charge in [-0.1, -0.05) is 12.1 Å². The first-order valence-electron chi connectivity index (χ1n) is 8.99. The van der Waals surface area contributed by atoms with E-state index >= 15 is 0 Å². The minimum absolute atomic E-state index is 0.108. The Morgan fingerprint density at radius 1 is 1.16 bits per heavy atom. The van der Waals surface area contributed by atoms with Crippen LogP contribution in [0.15, 0.2) is 41.4 Å². The number of piperidine rings is 1. The van der Waals surface area contributed by atoms with E-state index in [1.807, 2.05) is 41.4 Å². The van der Waals surface area contributed by atoms with Crippen LogP contribution in [-0.2, 0) is 12.8 Å². The normalized spacial score (nSPS) is 23.3. The van der Waals surface area contributed by atoms with Crippen LogP contribution in [-0.4, -0.2) is 34.7 Å². The Morgan fingerprint density at radius 3 is 2.96 bits per heavy atom. The number of fused-ring (bicyclic) bond motifs is 4. The van der Waals surface area contributed by atoms with Crippen molar-refractivity contribution in [3.8, 4) is 5.75 Å². The number of rotatable bonds is 1. The Bertz CT molecular complexity index is 903. The number of carbonyl (C=O) groups is 1. The summed E-state index contributed by atoms with van der Waals surface area (Å²) in [5.74, 6) is 0.767. The third-order valence-corrected chi connectivity index (χ3v) is 5.87. The summed E-state index contributed by atoms with van der Waals surface area (Å²) in [4.78, 5) is 19.6. The molecule has 25 heavy (non-hydrogen) atoms. The fourth-order valence-electron chi connectivity index (χ4n) is 4.66. The molecule has 2 aromatic carbocycles. The van der Waals surface area contributed by atoms with Gasteiger partial charge in [0.2, 0.25) is 0 Å². The molecule has 5 rings (SSSR count). The van der Waals surface area contributed by atoms with Crippen LogP contribution >= 0.6 is 0 Å². The van der Waals surface area contributed by atoms with Crippen molar-refractivity contribution in [2.24, 2.45) is 4.99 Å². The highest BCUT2D eigenvalue weighted by atomic mass is 16.3. The SMILES string of the molecule is O=C(c1ccc2c(c1)N=CC2)N1CCC[C@@H]2c3cc(O)ccc3C[C@@H]21. The third kappa shape index (κ3) is 2.28. The lowest BCUT2D eigenvalue weighted by Crippen LogP contribution is -2.46. The number of aromatic hydroxyl groups is 1. The quantitative estimate of drug-likeness (QED) is 0.867. The summed E-state index contributed by atoms with van der Waals surface area (Å²) < 4.78 is 0. The van der Waals surface area contributed by atoms with E-state index in [4.69, 9.17) is 0 Å². The van der Waals surface area contributed by atoms with E-state index in [0.717, 1.165) is 43.5 Å². The number of likely N-dealkylation sites (tertiary alicyclic amines) is 1. The first-order valence-corrected chi connectivity index (χ1v) is 8.99. The van der Waals surface area contributed by atoms with Gasteiger partial charge in [-0.05, 0) is 60.2 Å². The topological polar surface area (TPSA) is 52.9 Å². The van der Waals surface area contributed by atoms with Crippen molar-refractivity contribution in [2.75, 3.05) is 6.54 Å². The van der Waals surface area contributed by atoms with Gasteiger partial charge in [0.1, 0.15) is 5.75 Å². The van der Waals surface area contributed by atoms with E-state index in [0.29, 0.717) is 11.7 Å². The lowest BCUT2D eigenvalue weighted by atomic mass is 9.88. The van der Waals surface area contributed by atoms with Gasteiger partial charge in [-0.15, -0.1) is 0 Å². The average molecular weight is 332 g/mol. The van der Waals surface area contributed by atoms with Gasteiger partial charge in [-0.3, -0.25) is 9.79 Å². The average Bonchev–Trinajstić information content (AvgIpc) is 3.24. The van der Waals surface area contributed by atoms with Crippen molar-refractivity contribution in [1.29, 1.82) is 0 Å². The standard InChI is InChI=1S/C21H20N2O2/c24-16-6-5-14-11-20-17(18(14)12-16)2-1-9-23(20)21(25)15-4-3-13-7-8-22-19(13)10-15/h3-6,8,10,12,17,20,24H,1-2,7,9,11H2/t17-,20+/m1/s1. The van der Waals surface area contributed by atoms with Crippen molar-refractivity contribution in [1.82, 2.24) is 4.90 Å². The highest BCUT2D eigenvalue weighted by Crippen LogP contribution is 2.43. The van der Waals surface area contributed by atoms with Crippen LogP contribution in [0.4, 0.5) is 5.69 Å². The number of hydrogen-bond acceptors (Lipinski definition) is 3. The minimum Gasteiger partial charge on any atom is -0.508 e. The van der Waals surface area contributed by atoms with Gasteiger partial charge in [-0.2, -0.15) is 0 Å². The molecule has 0 radical (unpaired) electrons. The van der Waals surface area contributed by atoms with Crippen molar-refractivity contribution in [3.05, 3.63) is 58.7 Å². The molecule has 1 fully saturated rings. The second kappa shape index (κ2) is 5.45. The Labute approximate surface area is 146 Å². The molecule has 2 heterocycles. The second-order valence-corrected chi connectivity index (χ2v) is 7.26. The van der Waals surface area contributed by atoms with E-state index in [-0.39, 0.29) is 11.9 Å². The van der Waals surface area contributed by atoms with Crippen molar-refractivity contribution >= 4 is 17.8 Å². The zero-order valence-corrected chi connectivity index (χ0v) is 14.0. The van der Waals surface area contributed by atoms with Crippen LogP contribution in [0.5, 0.6) is 5.75 Å². The van der Waals surface area contributed by atoms with Crippen LogP contribution in [0, 0.1) is 0 Å². The number of amides is 1. The lowest BCUT2D eigenvalue weighted by Gasteiger charge is -2.38. The first-order chi connectivity index (χ1) is 12.2. The number of hydrogen-bond donors (Lipinski definition) is 1. The molecule has 0 bridgehead atoms. The predicted octanol–water partition coefficient (Wildman–Crippen LogP) is 3.60. The van der Waals surface area contributed by atoms with Gasteiger partial charge < -0.3 is 10.0 Å². The largest absolute Gasteiger partial charge is 0.508 e. The molecular weight excluding hydrogens is 312 g/mol. The molecule has 2 aromatic rings. The molecule has 2 atom stereocenters. The monoisotopic (exact) mass is 332 g/mol. The summed E-state index contributed by atoms with van der Waals surface area (Å²) >= 11 is 0. The van der Waals surface area contributed by atoms with E-state index in [1.54, 1.807) is 6.07 Å². The maximum Gasteiger partial charge on any atom is 0.254 e. The van der Waals surface area contributed by atoms with Crippen molar-refractivity contribution in [2.45, 2.75) is 37.6 Å². The molecule has 1 aliphatic carbocycles. The Hall–Kier alpha value is -2.62. The first kappa shape index (κ1) is 14.7. The summed E-state index contributed by atoms with van der Waals surface area (Å²) in [7, 11) is 0. The summed E-state index contributed by atoms with van der Waals surface area (Å²) in [5.41, 5.74) is 5.35. The maximum atomic E-state index is 13.2. The molecule has 4 heteroatoms. The molecule has 0 aromatic heterocycles. The van der Waals surface area contributed by atoms with Gasteiger partial charge in [0.05, 0.1) is 5.69 Å². The lowest BCUT2D eigenvalue weighted by molar-refractivity contribution is 0.0595. The molecule has 4 nitrogen and oxygen atoms in total. The van der Waals surface area contributed by atoms with Gasteiger partial charge >= 0.3 is 0 Å². The van der Waals surface area contributed by atoms with Gasteiger partial charge in [0.25, 0.3) is 5.91 Å². The van der Waals surface area contributed by atoms with Crippen LogP contribution in [0.2, 0.25) is 0 Å². The van der Waals surface area contributed by atoms with E-state index in [1.165, 1.54) is 16.7 Å². The fourth-order valence-corrected chi connectivity index (χ4v) is 4.66. The van der Waals surface area contributed by atoms with Crippen LogP contribution in [0.1, 0.15) is 45.8 Å². The Kier molecular flexibility index (Phi) is 3.20. The summed E-state index contributed by atoms with van der Waals surface area (Å²) in [5, 5.41) is 9.84. The van der Waals surface area contributed by atoms with Crippen LogP contribution in [0.3, 0.4) is 0 Å². The molecule has 0 unspecified atom stereocenters. The molecule has 3 aliphatic rings. The van der Waals surface area contributed by atoms with E-state index < -0.39 is 0 Å². The van der Waals surface area contributed by atoms with Crippen molar-refractivity contribution < 1.29 is 9.90 Å². The molecule has 126 valence electrons. The van der Waals surface area contributed by atoms with E-state index in [2.05, 4.69) is 4.99 Å². The Morgan fingerprint density at radius 2 is 2.04 bits per heavy atom. The van der Waals surface area contributed by atoms with E-state index in [9.17, 15) is 9.90 Å². The molecule has 1 saturated heterocycles. The molecular formula is C21H20N2O2. The zero-order valence-electron chi connectivity index (χ0n) is 14.0. The highest BCUT2D eigenvalue weighted by molar-refractivity contribution is 5.96. The molecule has 1 N–H and O–H groups in total.